The zero-order valence-electron chi connectivity index (χ0n) is 24.4. The minimum Gasteiger partial charge on any atom is -0.497 e. The molecule has 0 unspecified atom stereocenters. The van der Waals surface area contributed by atoms with E-state index in [0.29, 0.717) is 36.9 Å². The number of nitrogens with zero attached hydrogens (tertiary/aromatic N) is 3. The van der Waals surface area contributed by atoms with Crippen molar-refractivity contribution in [1.82, 2.24) is 25.1 Å². The van der Waals surface area contributed by atoms with Crippen molar-refractivity contribution in [1.29, 1.82) is 0 Å². The third-order valence-electron chi connectivity index (χ3n) is 8.28. The van der Waals surface area contributed by atoms with Gasteiger partial charge in [0, 0.05) is 29.6 Å². The number of H-pyrrole nitrogens is 1. The van der Waals surface area contributed by atoms with Gasteiger partial charge in [-0.25, -0.2) is 4.98 Å². The summed E-state index contributed by atoms with van der Waals surface area (Å²) in [6.45, 7) is 8.39. The average Bonchev–Trinajstić information content (AvgIpc) is 3.77. The molecule has 10 heteroatoms. The highest BCUT2D eigenvalue weighted by Crippen LogP contribution is 2.35. The van der Waals surface area contributed by atoms with Crippen molar-refractivity contribution in [3.63, 3.8) is 0 Å². The van der Waals surface area contributed by atoms with Crippen LogP contribution in [0.25, 0.3) is 22.4 Å². The van der Waals surface area contributed by atoms with Crippen LogP contribution in [0.1, 0.15) is 53.9 Å². The van der Waals surface area contributed by atoms with Gasteiger partial charge < -0.3 is 29.3 Å². The molecule has 3 amide bonds. The van der Waals surface area contributed by atoms with Crippen molar-refractivity contribution in [3.05, 3.63) is 71.7 Å². The maximum absolute atomic E-state index is 13.9. The van der Waals surface area contributed by atoms with E-state index < -0.39 is 11.5 Å². The number of fused-ring (bicyclic) bond motifs is 3. The summed E-state index contributed by atoms with van der Waals surface area (Å²) >= 11 is 0. The first-order valence-corrected chi connectivity index (χ1v) is 14.2. The molecule has 42 heavy (non-hydrogen) atoms. The molecule has 0 radical (unpaired) electrons. The quantitative estimate of drug-likeness (QED) is 0.355. The minimum atomic E-state index is -0.732. The van der Waals surface area contributed by atoms with E-state index in [1.807, 2.05) is 74.2 Å². The Morgan fingerprint density at radius 2 is 1.74 bits per heavy atom. The Bertz CT molecular complexity index is 1630. The Morgan fingerprint density at radius 3 is 2.38 bits per heavy atom. The van der Waals surface area contributed by atoms with Gasteiger partial charge in [0.25, 0.3) is 11.8 Å². The largest absolute Gasteiger partial charge is 0.497 e. The molecule has 2 aliphatic heterocycles. The standard InChI is InChI=1S/C32H35N5O5/c1-18-26(34-29(42-18)19-10-12-23(41-5)13-11-19)30(39)36-16-22-15-21(36)17-37(22)31(40)27(32(2,3)4)35-28(38)25-14-20-8-6-7-9-24(20)33-25/h6-14,21-22,27,33H,15-17H2,1-5H3,(H,35,38)/t21-,22-,27+/m0/s1. The molecule has 2 saturated heterocycles. The highest BCUT2D eigenvalue weighted by molar-refractivity contribution is 6.00. The number of nitrogens with one attached hydrogen (secondary N) is 2. The Kier molecular flexibility index (Phi) is 6.79. The lowest BCUT2D eigenvalue weighted by molar-refractivity contribution is -0.138. The highest BCUT2D eigenvalue weighted by Gasteiger charge is 2.50. The van der Waals surface area contributed by atoms with E-state index in [4.69, 9.17) is 9.15 Å². The Morgan fingerprint density at radius 1 is 1.05 bits per heavy atom. The number of oxazole rings is 1. The fourth-order valence-corrected chi connectivity index (χ4v) is 5.99. The van der Waals surface area contributed by atoms with E-state index in [2.05, 4.69) is 15.3 Å². The first-order valence-electron chi connectivity index (χ1n) is 14.2. The topological polar surface area (TPSA) is 121 Å². The summed E-state index contributed by atoms with van der Waals surface area (Å²) in [5.41, 5.74) is 1.78. The van der Waals surface area contributed by atoms with Crippen molar-refractivity contribution in [2.75, 3.05) is 20.2 Å². The fraction of sp³-hybridized carbons (Fsp3) is 0.375. The van der Waals surface area contributed by atoms with Gasteiger partial charge in [0.1, 0.15) is 23.2 Å². The normalized spacial score (nSPS) is 18.9. The molecule has 0 saturated carbocycles. The number of amides is 3. The van der Waals surface area contributed by atoms with Crippen LogP contribution in [0, 0.1) is 12.3 Å². The van der Waals surface area contributed by atoms with Gasteiger partial charge in [-0.2, -0.15) is 0 Å². The fourth-order valence-electron chi connectivity index (χ4n) is 5.99. The van der Waals surface area contributed by atoms with E-state index in [0.717, 1.165) is 22.2 Å². The summed E-state index contributed by atoms with van der Waals surface area (Å²) in [5, 5.41) is 3.92. The molecule has 2 fully saturated rings. The molecule has 2 aliphatic rings. The van der Waals surface area contributed by atoms with E-state index in [9.17, 15) is 14.4 Å². The van der Waals surface area contributed by atoms with Crippen LogP contribution in [0.2, 0.25) is 0 Å². The molecule has 2 aromatic heterocycles. The lowest BCUT2D eigenvalue weighted by atomic mass is 9.85. The second-order valence-corrected chi connectivity index (χ2v) is 12.2. The number of carbonyl (C=O) groups is 3. The van der Waals surface area contributed by atoms with Gasteiger partial charge in [-0.1, -0.05) is 39.0 Å². The zero-order valence-corrected chi connectivity index (χ0v) is 24.4. The van der Waals surface area contributed by atoms with Crippen LogP contribution >= 0.6 is 0 Å². The van der Waals surface area contributed by atoms with E-state index in [1.54, 1.807) is 25.0 Å². The van der Waals surface area contributed by atoms with Crippen LogP contribution in [0.3, 0.4) is 0 Å². The van der Waals surface area contributed by atoms with Crippen molar-refractivity contribution in [3.8, 4) is 17.2 Å². The van der Waals surface area contributed by atoms with Crippen LogP contribution < -0.4 is 10.1 Å². The number of aromatic amines is 1. The number of aromatic nitrogens is 2. The number of carbonyl (C=O) groups excluding carboxylic acids is 3. The average molecular weight is 570 g/mol. The Balaban J connectivity index is 1.15. The lowest BCUT2D eigenvalue weighted by Gasteiger charge is -2.39. The molecule has 3 atom stereocenters. The van der Waals surface area contributed by atoms with Gasteiger partial charge in [0.2, 0.25) is 11.8 Å². The van der Waals surface area contributed by atoms with E-state index >= 15 is 0 Å². The third kappa shape index (κ3) is 4.91. The zero-order chi connectivity index (χ0) is 29.8. The molecular formula is C32H35N5O5. The van der Waals surface area contributed by atoms with Gasteiger partial charge in [0.05, 0.1) is 19.2 Å². The number of benzene rings is 2. The van der Waals surface area contributed by atoms with Crippen LogP contribution in [0.4, 0.5) is 0 Å². The van der Waals surface area contributed by atoms with Crippen molar-refractivity contribution < 1.29 is 23.5 Å². The first kappa shape index (κ1) is 27.6. The van der Waals surface area contributed by atoms with Gasteiger partial charge in [-0.15, -0.1) is 0 Å². The van der Waals surface area contributed by atoms with Crippen LogP contribution in [-0.2, 0) is 4.79 Å². The van der Waals surface area contributed by atoms with Crippen LogP contribution in [-0.4, -0.2) is 75.8 Å². The molecule has 0 spiro atoms. The number of rotatable bonds is 6. The lowest BCUT2D eigenvalue weighted by Crippen LogP contribution is -2.59. The summed E-state index contributed by atoms with van der Waals surface area (Å²) in [5.74, 6) is 0.889. The molecule has 2 N–H and O–H groups in total. The number of hydrogen-bond acceptors (Lipinski definition) is 6. The third-order valence-corrected chi connectivity index (χ3v) is 8.28. The van der Waals surface area contributed by atoms with Crippen molar-refractivity contribution in [2.45, 2.75) is 52.2 Å². The number of piperazine rings is 1. The number of hydrogen-bond donors (Lipinski definition) is 2. The number of likely N-dealkylation sites (tertiary alicyclic amines) is 2. The van der Waals surface area contributed by atoms with Crippen LogP contribution in [0.5, 0.6) is 5.75 Å². The molecule has 2 aromatic carbocycles. The number of aryl methyl sites for hydroxylation is 1. The smallest absolute Gasteiger partial charge is 0.276 e. The molecule has 218 valence electrons. The van der Waals surface area contributed by atoms with Gasteiger partial charge in [0.15, 0.2) is 5.69 Å². The van der Waals surface area contributed by atoms with Crippen molar-refractivity contribution >= 4 is 28.6 Å². The van der Waals surface area contributed by atoms with Gasteiger partial charge in [-0.05, 0) is 55.2 Å². The Labute approximate surface area is 244 Å². The predicted octanol–water partition coefficient (Wildman–Crippen LogP) is 4.41. The van der Waals surface area contributed by atoms with Crippen LogP contribution in [0.15, 0.2) is 59.0 Å². The summed E-state index contributed by atoms with van der Waals surface area (Å²) in [6.07, 6.45) is 0.687. The highest BCUT2D eigenvalue weighted by atomic mass is 16.5. The second kappa shape index (κ2) is 10.3. The molecule has 0 aliphatic carbocycles. The number of para-hydroxylation sites is 1. The summed E-state index contributed by atoms with van der Waals surface area (Å²) < 4.78 is 11.1. The second-order valence-electron chi connectivity index (χ2n) is 12.2. The predicted molar refractivity (Wildman–Crippen MR) is 157 cm³/mol. The number of methoxy groups -OCH3 is 1. The monoisotopic (exact) mass is 569 g/mol. The van der Waals surface area contributed by atoms with Crippen molar-refractivity contribution in [2.24, 2.45) is 5.41 Å². The SMILES string of the molecule is COc1ccc(-c2nc(C(=O)N3C[C@@H]4C[C@H]3CN4C(=O)[C@@H](NC(=O)c3cc4ccccc4[nH]3)C(C)(C)C)c(C)o2)cc1. The summed E-state index contributed by atoms with van der Waals surface area (Å²) in [4.78, 5) is 52.0. The number of ether oxygens (including phenoxy) is 1. The van der Waals surface area contributed by atoms with E-state index in [1.165, 1.54) is 0 Å². The molecule has 4 aromatic rings. The minimum absolute atomic E-state index is 0.128. The van der Waals surface area contributed by atoms with Gasteiger partial charge in [-0.3, -0.25) is 14.4 Å². The molecule has 10 nitrogen and oxygen atoms in total. The maximum atomic E-state index is 13.9. The molecule has 2 bridgehead atoms. The maximum Gasteiger partial charge on any atom is 0.276 e. The summed E-state index contributed by atoms with van der Waals surface area (Å²) in [6, 6.07) is 15.8. The summed E-state index contributed by atoms with van der Waals surface area (Å²) in [7, 11) is 1.60. The van der Waals surface area contributed by atoms with Gasteiger partial charge >= 0.3 is 0 Å². The first-order chi connectivity index (χ1) is 20.0. The molecular weight excluding hydrogens is 534 g/mol. The Hall–Kier alpha value is -4.60. The van der Waals surface area contributed by atoms with E-state index in [-0.39, 0.29) is 35.5 Å². The molecule has 4 heterocycles. The molecule has 6 rings (SSSR count).